The van der Waals surface area contributed by atoms with E-state index < -0.39 is 5.97 Å². The summed E-state index contributed by atoms with van der Waals surface area (Å²) in [5, 5.41) is 13.8. The molecule has 7 nitrogen and oxygen atoms in total. The van der Waals surface area contributed by atoms with E-state index in [-0.39, 0.29) is 31.4 Å². The minimum atomic E-state index is -0.975. The number of para-hydroxylation sites is 1. The Bertz CT molecular complexity index is 802. The molecule has 0 aliphatic carbocycles. The van der Waals surface area contributed by atoms with E-state index in [1.165, 1.54) is 0 Å². The fraction of sp³-hybridized carbons (Fsp3) is 0.250. The third kappa shape index (κ3) is 6.47. The van der Waals surface area contributed by atoms with Crippen LogP contribution in [0.15, 0.2) is 48.5 Å². The van der Waals surface area contributed by atoms with Crippen LogP contribution in [-0.2, 0) is 16.0 Å². The van der Waals surface area contributed by atoms with Crippen molar-refractivity contribution in [2.24, 2.45) is 0 Å². The van der Waals surface area contributed by atoms with Gasteiger partial charge >= 0.3 is 5.97 Å². The van der Waals surface area contributed by atoms with Crippen LogP contribution in [0.3, 0.4) is 0 Å². The molecule has 0 bridgehead atoms. The highest BCUT2D eigenvalue weighted by Crippen LogP contribution is 2.18. The number of hydrogen-bond acceptors (Lipinski definition) is 4. The van der Waals surface area contributed by atoms with Crippen LogP contribution in [-0.4, -0.2) is 36.0 Å². The van der Waals surface area contributed by atoms with Gasteiger partial charge in [0.25, 0.3) is 11.8 Å². The molecule has 2 aromatic carbocycles. The number of anilines is 1. The highest BCUT2D eigenvalue weighted by molar-refractivity contribution is 5.96. The molecule has 0 aromatic heterocycles. The van der Waals surface area contributed by atoms with Crippen LogP contribution >= 0.6 is 0 Å². The van der Waals surface area contributed by atoms with Crippen LogP contribution < -0.4 is 15.4 Å². The normalized spacial score (nSPS) is 10.1. The summed E-state index contributed by atoms with van der Waals surface area (Å²) in [5.41, 5.74) is 1.95. The molecule has 2 rings (SSSR count). The predicted octanol–water partition coefficient (Wildman–Crippen LogP) is 2.47. The monoisotopic (exact) mass is 370 g/mol. The maximum absolute atomic E-state index is 12.0. The molecule has 0 fully saturated rings. The maximum Gasteiger partial charge on any atom is 0.305 e. The molecule has 2 aromatic rings. The molecule has 0 heterocycles. The number of rotatable bonds is 9. The van der Waals surface area contributed by atoms with Crippen LogP contribution in [0.5, 0.6) is 5.75 Å². The Morgan fingerprint density at radius 3 is 2.41 bits per heavy atom. The number of carbonyl (C=O) groups is 3. The molecule has 3 N–H and O–H groups in total. The summed E-state index contributed by atoms with van der Waals surface area (Å²) < 4.78 is 5.56. The molecule has 0 aliphatic rings. The molecule has 0 saturated carbocycles. The summed E-state index contributed by atoms with van der Waals surface area (Å²) >= 11 is 0. The lowest BCUT2D eigenvalue weighted by Crippen LogP contribution is -2.26. The quantitative estimate of drug-likeness (QED) is 0.629. The largest absolute Gasteiger partial charge is 0.483 e. The van der Waals surface area contributed by atoms with Gasteiger partial charge in [0.05, 0.1) is 6.42 Å². The second kappa shape index (κ2) is 9.96. The summed E-state index contributed by atoms with van der Waals surface area (Å²) in [7, 11) is 0. The first-order valence-corrected chi connectivity index (χ1v) is 8.60. The van der Waals surface area contributed by atoms with Gasteiger partial charge in [0.2, 0.25) is 0 Å². The molecule has 0 unspecified atom stereocenters. The Balaban J connectivity index is 1.84. The number of nitrogens with one attached hydrogen (secondary N) is 2. The van der Waals surface area contributed by atoms with Crippen LogP contribution in [0.2, 0.25) is 0 Å². The SMILES string of the molecule is CCc1ccccc1OCC(=O)Nc1ccc(C(=O)NCCC(=O)O)cc1. The number of carboxylic acids is 1. The topological polar surface area (TPSA) is 105 Å². The van der Waals surface area contributed by atoms with E-state index in [4.69, 9.17) is 9.84 Å². The number of carboxylic acid groups (broad SMARTS) is 1. The zero-order valence-electron chi connectivity index (χ0n) is 15.0. The molecule has 0 radical (unpaired) electrons. The van der Waals surface area contributed by atoms with Crippen molar-refractivity contribution in [2.75, 3.05) is 18.5 Å². The minimum absolute atomic E-state index is 0.0588. The fourth-order valence-electron chi connectivity index (χ4n) is 2.37. The second-order valence-electron chi connectivity index (χ2n) is 5.78. The average Bonchev–Trinajstić information content (AvgIpc) is 2.66. The van der Waals surface area contributed by atoms with Crippen molar-refractivity contribution >= 4 is 23.5 Å². The Morgan fingerprint density at radius 2 is 1.74 bits per heavy atom. The Labute approximate surface area is 157 Å². The maximum atomic E-state index is 12.0. The van der Waals surface area contributed by atoms with Crippen molar-refractivity contribution < 1.29 is 24.2 Å². The lowest BCUT2D eigenvalue weighted by Gasteiger charge is -2.11. The number of ether oxygens (including phenoxy) is 1. The van der Waals surface area contributed by atoms with E-state index in [1.54, 1.807) is 24.3 Å². The van der Waals surface area contributed by atoms with Gasteiger partial charge in [-0.1, -0.05) is 25.1 Å². The number of amides is 2. The Hall–Kier alpha value is -3.35. The van der Waals surface area contributed by atoms with Gasteiger partial charge in [0.15, 0.2) is 6.61 Å². The molecule has 142 valence electrons. The number of carbonyl (C=O) groups excluding carboxylic acids is 2. The Morgan fingerprint density at radius 1 is 1.04 bits per heavy atom. The lowest BCUT2D eigenvalue weighted by molar-refractivity contribution is -0.136. The number of aryl methyl sites for hydroxylation is 1. The lowest BCUT2D eigenvalue weighted by atomic mass is 10.1. The summed E-state index contributed by atoms with van der Waals surface area (Å²) in [6.45, 7) is 1.96. The van der Waals surface area contributed by atoms with Crippen molar-refractivity contribution in [1.29, 1.82) is 0 Å². The van der Waals surface area contributed by atoms with Crippen molar-refractivity contribution in [2.45, 2.75) is 19.8 Å². The van der Waals surface area contributed by atoms with E-state index in [0.717, 1.165) is 12.0 Å². The predicted molar refractivity (Wildman–Crippen MR) is 101 cm³/mol. The molecule has 2 amide bonds. The number of benzene rings is 2. The molecule has 0 saturated heterocycles. The van der Waals surface area contributed by atoms with Gasteiger partial charge in [-0.25, -0.2) is 0 Å². The smallest absolute Gasteiger partial charge is 0.305 e. The molecule has 0 aliphatic heterocycles. The van der Waals surface area contributed by atoms with Gasteiger partial charge in [-0.2, -0.15) is 0 Å². The van der Waals surface area contributed by atoms with Crippen molar-refractivity contribution in [1.82, 2.24) is 5.32 Å². The zero-order valence-corrected chi connectivity index (χ0v) is 15.0. The van der Waals surface area contributed by atoms with Gasteiger partial charge in [0, 0.05) is 17.8 Å². The fourth-order valence-corrected chi connectivity index (χ4v) is 2.37. The highest BCUT2D eigenvalue weighted by atomic mass is 16.5. The van der Waals surface area contributed by atoms with E-state index in [0.29, 0.717) is 17.0 Å². The van der Waals surface area contributed by atoms with E-state index in [2.05, 4.69) is 10.6 Å². The van der Waals surface area contributed by atoms with Crippen molar-refractivity contribution in [3.8, 4) is 5.75 Å². The van der Waals surface area contributed by atoms with Crippen LogP contribution in [0, 0.1) is 0 Å². The first kappa shape index (κ1) is 20.0. The first-order chi connectivity index (χ1) is 13.0. The molecular weight excluding hydrogens is 348 g/mol. The third-order valence-corrected chi connectivity index (χ3v) is 3.77. The van der Waals surface area contributed by atoms with Crippen molar-refractivity contribution in [3.63, 3.8) is 0 Å². The van der Waals surface area contributed by atoms with Gasteiger partial charge in [-0.05, 0) is 42.3 Å². The number of hydrogen-bond donors (Lipinski definition) is 3. The summed E-state index contributed by atoms with van der Waals surface area (Å²) in [4.78, 5) is 34.3. The summed E-state index contributed by atoms with van der Waals surface area (Å²) in [6, 6.07) is 13.9. The van der Waals surface area contributed by atoms with E-state index in [9.17, 15) is 14.4 Å². The van der Waals surface area contributed by atoms with Gasteiger partial charge < -0.3 is 20.5 Å². The standard InChI is InChI=1S/C20H22N2O5/c1-2-14-5-3-4-6-17(14)27-13-18(23)22-16-9-7-15(8-10-16)20(26)21-12-11-19(24)25/h3-10H,2,11-13H2,1H3,(H,21,26)(H,22,23)(H,24,25). The van der Waals surface area contributed by atoms with Gasteiger partial charge in [0.1, 0.15) is 5.75 Å². The van der Waals surface area contributed by atoms with E-state index in [1.807, 2.05) is 31.2 Å². The molecule has 0 spiro atoms. The van der Waals surface area contributed by atoms with Crippen molar-refractivity contribution in [3.05, 3.63) is 59.7 Å². The number of aliphatic carboxylic acids is 1. The average molecular weight is 370 g/mol. The van der Waals surface area contributed by atoms with E-state index >= 15 is 0 Å². The summed E-state index contributed by atoms with van der Waals surface area (Å²) in [5.74, 6) is -0.964. The first-order valence-electron chi connectivity index (χ1n) is 8.60. The third-order valence-electron chi connectivity index (χ3n) is 3.77. The van der Waals surface area contributed by atoms with Crippen LogP contribution in [0.1, 0.15) is 29.3 Å². The molecule has 0 atom stereocenters. The molecule has 7 heteroatoms. The van der Waals surface area contributed by atoms with Gasteiger partial charge in [-0.15, -0.1) is 0 Å². The van der Waals surface area contributed by atoms with Crippen LogP contribution in [0.25, 0.3) is 0 Å². The highest BCUT2D eigenvalue weighted by Gasteiger charge is 2.09. The second-order valence-corrected chi connectivity index (χ2v) is 5.78. The molecule has 27 heavy (non-hydrogen) atoms. The minimum Gasteiger partial charge on any atom is -0.483 e. The van der Waals surface area contributed by atoms with Gasteiger partial charge in [-0.3, -0.25) is 14.4 Å². The zero-order chi connectivity index (χ0) is 19.6. The van der Waals surface area contributed by atoms with Crippen LogP contribution in [0.4, 0.5) is 5.69 Å². The molecular formula is C20H22N2O5. The Kier molecular flexibility index (Phi) is 7.37. The summed E-state index contributed by atoms with van der Waals surface area (Å²) in [6.07, 6.45) is 0.675.